The molecule has 0 bridgehead atoms. The molecule has 1 fully saturated rings. The summed E-state index contributed by atoms with van der Waals surface area (Å²) in [6.07, 6.45) is 7.11. The predicted octanol–water partition coefficient (Wildman–Crippen LogP) is 1.65. The molecule has 74 valence electrons. The fourth-order valence-corrected chi connectivity index (χ4v) is 3.01. The number of rotatable bonds is 0. The Morgan fingerprint density at radius 2 is 2.36 bits per heavy atom. The van der Waals surface area contributed by atoms with Gasteiger partial charge in [-0.3, -0.25) is 4.98 Å². The highest BCUT2D eigenvalue weighted by Gasteiger charge is 2.39. The Labute approximate surface area is 84.7 Å². The number of hydrogen-bond donors (Lipinski definition) is 1. The second-order valence-electron chi connectivity index (χ2n) is 4.57. The molecular formula is C12H16N2. The number of aromatic nitrogens is 1. The molecule has 0 saturated carbocycles. The van der Waals surface area contributed by atoms with Crippen molar-refractivity contribution in [1.82, 2.24) is 10.3 Å². The van der Waals surface area contributed by atoms with Crippen molar-refractivity contribution in [2.75, 3.05) is 13.1 Å². The van der Waals surface area contributed by atoms with Gasteiger partial charge < -0.3 is 5.32 Å². The van der Waals surface area contributed by atoms with Crippen molar-refractivity contribution in [2.24, 2.45) is 0 Å². The molecule has 2 heteroatoms. The van der Waals surface area contributed by atoms with Crippen LogP contribution >= 0.6 is 0 Å². The van der Waals surface area contributed by atoms with Gasteiger partial charge in [-0.15, -0.1) is 0 Å². The third-order valence-corrected chi connectivity index (χ3v) is 3.74. The van der Waals surface area contributed by atoms with Crippen LogP contribution in [0.25, 0.3) is 0 Å². The van der Waals surface area contributed by atoms with Crippen LogP contribution in [0.4, 0.5) is 0 Å². The summed E-state index contributed by atoms with van der Waals surface area (Å²) in [5, 5.41) is 3.48. The average molecular weight is 188 g/mol. The molecule has 1 aliphatic carbocycles. The number of hydrogen-bond acceptors (Lipinski definition) is 2. The Balaban J connectivity index is 2.10. The lowest BCUT2D eigenvalue weighted by Gasteiger charge is -2.33. The topological polar surface area (TPSA) is 24.9 Å². The summed E-state index contributed by atoms with van der Waals surface area (Å²) < 4.78 is 0. The molecule has 3 rings (SSSR count). The molecular weight excluding hydrogens is 172 g/mol. The van der Waals surface area contributed by atoms with E-state index in [0.717, 1.165) is 13.1 Å². The summed E-state index contributed by atoms with van der Waals surface area (Å²) in [6, 6.07) is 4.32. The average Bonchev–Trinajstić information content (AvgIpc) is 2.68. The maximum Gasteiger partial charge on any atom is 0.0510 e. The summed E-state index contributed by atoms with van der Waals surface area (Å²) >= 11 is 0. The van der Waals surface area contributed by atoms with E-state index in [-0.39, 0.29) is 0 Å². The molecule has 0 amide bonds. The lowest BCUT2D eigenvalue weighted by Crippen LogP contribution is -2.34. The fourth-order valence-electron chi connectivity index (χ4n) is 3.01. The molecule has 0 radical (unpaired) electrons. The van der Waals surface area contributed by atoms with E-state index in [1.54, 1.807) is 0 Å². The van der Waals surface area contributed by atoms with Gasteiger partial charge >= 0.3 is 0 Å². The van der Waals surface area contributed by atoms with E-state index in [1.165, 1.54) is 36.9 Å². The SMILES string of the molecule is c1cnc2c(c1)CCCC21CCNC1. The molecule has 1 aromatic heterocycles. The zero-order chi connectivity index (χ0) is 9.43. The molecule has 1 aromatic rings. The maximum atomic E-state index is 4.61. The Morgan fingerprint density at radius 3 is 3.21 bits per heavy atom. The van der Waals surface area contributed by atoms with Gasteiger partial charge in [0, 0.05) is 18.2 Å². The standard InChI is InChI=1S/C12H16N2/c1-3-10-4-2-7-14-11(10)12(5-1)6-8-13-9-12/h2,4,7,13H,1,3,5-6,8-9H2. The van der Waals surface area contributed by atoms with E-state index < -0.39 is 0 Å². The van der Waals surface area contributed by atoms with Crippen molar-refractivity contribution in [3.63, 3.8) is 0 Å². The Hall–Kier alpha value is -0.890. The lowest BCUT2D eigenvalue weighted by molar-refractivity contribution is 0.380. The van der Waals surface area contributed by atoms with Gasteiger partial charge in [0.15, 0.2) is 0 Å². The molecule has 1 aliphatic heterocycles. The first kappa shape index (κ1) is 8.42. The quantitative estimate of drug-likeness (QED) is 0.669. The molecule has 2 aliphatic rings. The maximum absolute atomic E-state index is 4.61. The van der Waals surface area contributed by atoms with Gasteiger partial charge in [0.2, 0.25) is 0 Å². The molecule has 14 heavy (non-hydrogen) atoms. The summed E-state index contributed by atoms with van der Waals surface area (Å²) in [4.78, 5) is 4.61. The Bertz CT molecular complexity index is 340. The number of fused-ring (bicyclic) bond motifs is 2. The molecule has 1 saturated heterocycles. The first-order chi connectivity index (χ1) is 6.91. The highest BCUT2D eigenvalue weighted by molar-refractivity contribution is 5.32. The normalized spacial score (nSPS) is 30.6. The number of pyridine rings is 1. The van der Waals surface area contributed by atoms with E-state index in [2.05, 4.69) is 22.4 Å². The van der Waals surface area contributed by atoms with Crippen LogP contribution in [0.1, 0.15) is 30.5 Å². The second-order valence-corrected chi connectivity index (χ2v) is 4.57. The molecule has 1 unspecified atom stereocenters. The molecule has 2 nitrogen and oxygen atoms in total. The third-order valence-electron chi connectivity index (χ3n) is 3.74. The number of nitrogens with one attached hydrogen (secondary N) is 1. The molecule has 1 spiro atoms. The second kappa shape index (κ2) is 3.06. The summed E-state index contributed by atoms with van der Waals surface area (Å²) in [5.74, 6) is 0. The van der Waals surface area contributed by atoms with E-state index in [0.29, 0.717) is 5.41 Å². The zero-order valence-electron chi connectivity index (χ0n) is 8.42. The highest BCUT2D eigenvalue weighted by atomic mass is 14.9. The van der Waals surface area contributed by atoms with Gasteiger partial charge in [0.05, 0.1) is 5.69 Å². The summed E-state index contributed by atoms with van der Waals surface area (Å²) in [5.41, 5.74) is 3.26. The van der Waals surface area contributed by atoms with Crippen LogP contribution in [0.2, 0.25) is 0 Å². The minimum Gasteiger partial charge on any atom is -0.316 e. The lowest BCUT2D eigenvalue weighted by atomic mass is 9.72. The van der Waals surface area contributed by atoms with E-state index in [1.807, 2.05) is 6.20 Å². The van der Waals surface area contributed by atoms with Crippen LogP contribution in [0.3, 0.4) is 0 Å². The number of nitrogens with zero attached hydrogens (tertiary/aromatic N) is 1. The van der Waals surface area contributed by atoms with Crippen molar-refractivity contribution in [3.05, 3.63) is 29.6 Å². The molecule has 1 atom stereocenters. The minimum atomic E-state index is 0.384. The van der Waals surface area contributed by atoms with Gasteiger partial charge in [0.1, 0.15) is 0 Å². The van der Waals surface area contributed by atoms with Crippen molar-refractivity contribution in [1.29, 1.82) is 0 Å². The van der Waals surface area contributed by atoms with Crippen molar-refractivity contribution in [3.8, 4) is 0 Å². The Kier molecular flexibility index (Phi) is 1.84. The smallest absolute Gasteiger partial charge is 0.0510 e. The van der Waals surface area contributed by atoms with Gasteiger partial charge in [0.25, 0.3) is 0 Å². The molecule has 1 N–H and O–H groups in total. The summed E-state index contributed by atoms with van der Waals surface area (Å²) in [7, 11) is 0. The summed E-state index contributed by atoms with van der Waals surface area (Å²) in [6.45, 7) is 2.30. The third kappa shape index (κ3) is 1.10. The van der Waals surface area contributed by atoms with Crippen molar-refractivity contribution in [2.45, 2.75) is 31.1 Å². The largest absolute Gasteiger partial charge is 0.316 e. The molecule has 0 aromatic carbocycles. The highest BCUT2D eigenvalue weighted by Crippen LogP contribution is 2.40. The molecule has 2 heterocycles. The van der Waals surface area contributed by atoms with Gasteiger partial charge in [-0.05, 0) is 43.9 Å². The monoisotopic (exact) mass is 188 g/mol. The minimum absolute atomic E-state index is 0.384. The van der Waals surface area contributed by atoms with Crippen LogP contribution in [0.15, 0.2) is 18.3 Å². The van der Waals surface area contributed by atoms with E-state index >= 15 is 0 Å². The van der Waals surface area contributed by atoms with Crippen LogP contribution in [-0.2, 0) is 11.8 Å². The van der Waals surface area contributed by atoms with Crippen LogP contribution in [-0.4, -0.2) is 18.1 Å². The fraction of sp³-hybridized carbons (Fsp3) is 0.583. The van der Waals surface area contributed by atoms with Gasteiger partial charge in [-0.1, -0.05) is 6.07 Å². The van der Waals surface area contributed by atoms with Crippen LogP contribution in [0, 0.1) is 0 Å². The van der Waals surface area contributed by atoms with Crippen molar-refractivity contribution >= 4 is 0 Å². The van der Waals surface area contributed by atoms with Crippen molar-refractivity contribution < 1.29 is 0 Å². The predicted molar refractivity (Wildman–Crippen MR) is 56.3 cm³/mol. The first-order valence-corrected chi connectivity index (χ1v) is 5.56. The van der Waals surface area contributed by atoms with E-state index in [4.69, 9.17) is 0 Å². The number of aryl methyl sites for hydroxylation is 1. The van der Waals surface area contributed by atoms with E-state index in [9.17, 15) is 0 Å². The zero-order valence-corrected chi connectivity index (χ0v) is 8.42. The van der Waals surface area contributed by atoms with Crippen LogP contribution in [0.5, 0.6) is 0 Å². The van der Waals surface area contributed by atoms with Crippen LogP contribution < -0.4 is 5.32 Å². The first-order valence-electron chi connectivity index (χ1n) is 5.56. The Morgan fingerprint density at radius 1 is 1.36 bits per heavy atom. The van der Waals surface area contributed by atoms with Gasteiger partial charge in [-0.2, -0.15) is 0 Å². The van der Waals surface area contributed by atoms with Gasteiger partial charge in [-0.25, -0.2) is 0 Å².